The molecule has 1 heterocycles. The third-order valence-corrected chi connectivity index (χ3v) is 11.6. The van der Waals surface area contributed by atoms with Crippen molar-refractivity contribution in [2.24, 2.45) is 11.8 Å². The van der Waals surface area contributed by atoms with Crippen LogP contribution >= 0.6 is 0 Å². The quantitative estimate of drug-likeness (QED) is 0.0531. The Hall–Kier alpha value is -6.05. The summed E-state index contributed by atoms with van der Waals surface area (Å²) in [5.74, 6) is -1.82. The Balaban J connectivity index is 1.21. The van der Waals surface area contributed by atoms with E-state index in [1.165, 1.54) is 6.33 Å². The van der Waals surface area contributed by atoms with Crippen LogP contribution < -0.4 is 21.3 Å². The lowest BCUT2D eigenvalue weighted by atomic mass is 9.95. The van der Waals surface area contributed by atoms with Crippen molar-refractivity contribution in [3.8, 4) is 11.1 Å². The fourth-order valence-electron chi connectivity index (χ4n) is 8.13. The van der Waals surface area contributed by atoms with E-state index in [9.17, 15) is 29.4 Å². The molecule has 0 saturated heterocycles. The van der Waals surface area contributed by atoms with E-state index in [1.54, 1.807) is 6.20 Å². The van der Waals surface area contributed by atoms with E-state index in [1.807, 2.05) is 107 Å². The zero-order valence-corrected chi connectivity index (χ0v) is 35.3. The van der Waals surface area contributed by atoms with Crippen molar-refractivity contribution in [1.29, 1.82) is 0 Å². The number of nitrogens with zero attached hydrogens (tertiary/aromatic N) is 1. The highest BCUT2D eigenvalue weighted by Crippen LogP contribution is 2.44. The molecule has 4 aromatic carbocycles. The molecule has 13 heteroatoms. The molecule has 5 aromatic rings. The Labute approximate surface area is 357 Å². The number of carbonyl (C=O) groups is 4. The number of hydrogen-bond acceptors (Lipinski definition) is 8. The van der Waals surface area contributed by atoms with Gasteiger partial charge in [0.05, 0.1) is 43.2 Å². The summed E-state index contributed by atoms with van der Waals surface area (Å²) in [6.45, 7) is 7.56. The number of fused-ring (bicyclic) bond motifs is 4. The van der Waals surface area contributed by atoms with Crippen LogP contribution in [0.2, 0.25) is 0 Å². The van der Waals surface area contributed by atoms with Crippen molar-refractivity contribution in [2.75, 3.05) is 13.2 Å². The second-order valence-electron chi connectivity index (χ2n) is 16.4. The van der Waals surface area contributed by atoms with Crippen LogP contribution in [0.5, 0.6) is 0 Å². The number of imidazole rings is 1. The first kappa shape index (κ1) is 44.5. The van der Waals surface area contributed by atoms with Gasteiger partial charge < -0.3 is 41.2 Å². The molecule has 4 amide bonds. The maximum Gasteiger partial charge on any atom is 0.407 e. The van der Waals surface area contributed by atoms with Gasteiger partial charge in [-0.3, -0.25) is 14.4 Å². The summed E-state index contributed by atoms with van der Waals surface area (Å²) in [6.07, 6.45) is 1.89. The molecule has 7 N–H and O–H groups in total. The van der Waals surface area contributed by atoms with E-state index in [0.29, 0.717) is 12.1 Å². The number of alkyl carbamates (subject to hydrolysis) is 1. The smallest absolute Gasteiger partial charge is 0.407 e. The first-order valence-electron chi connectivity index (χ1n) is 21.2. The van der Waals surface area contributed by atoms with Crippen molar-refractivity contribution in [3.63, 3.8) is 0 Å². The molecule has 0 bridgehead atoms. The predicted octanol–water partition coefficient (Wildman–Crippen LogP) is 5.55. The summed E-state index contributed by atoms with van der Waals surface area (Å²) in [7, 11) is 0. The van der Waals surface area contributed by atoms with E-state index in [2.05, 4.69) is 43.4 Å². The summed E-state index contributed by atoms with van der Waals surface area (Å²) in [6, 6.07) is 25.9. The first-order valence-corrected chi connectivity index (χ1v) is 21.2. The van der Waals surface area contributed by atoms with Gasteiger partial charge >= 0.3 is 6.09 Å². The van der Waals surface area contributed by atoms with Gasteiger partial charge in [-0.05, 0) is 56.8 Å². The number of nitrogens with one attached hydrogen (secondary N) is 5. The van der Waals surface area contributed by atoms with Crippen molar-refractivity contribution < 1.29 is 34.1 Å². The van der Waals surface area contributed by atoms with Gasteiger partial charge in [0.2, 0.25) is 17.7 Å². The molecule has 0 saturated carbocycles. The SMILES string of the molecule is CCC(C)[C@@H](CO)NC(=O)CC(O)C(CC(C)C)NC(=O)[C@H](Cc1c[nH]cn1)NC(=O)[C@H](Cc1cccc2ccccc12)NC(=O)OCC1c2ccccc2-c2ccccc21. The van der Waals surface area contributed by atoms with Gasteiger partial charge in [-0.15, -0.1) is 0 Å². The van der Waals surface area contributed by atoms with E-state index in [-0.39, 0.29) is 50.2 Å². The van der Waals surface area contributed by atoms with E-state index in [0.717, 1.165) is 45.0 Å². The second-order valence-corrected chi connectivity index (χ2v) is 16.4. The molecule has 0 aliphatic heterocycles. The fourth-order valence-corrected chi connectivity index (χ4v) is 8.13. The fraction of sp³-hybridized carbons (Fsp3) is 0.396. The number of ether oxygens (including phenoxy) is 1. The molecule has 1 aliphatic rings. The summed E-state index contributed by atoms with van der Waals surface area (Å²) >= 11 is 0. The normalized spacial score (nSPS) is 15.1. The Kier molecular flexibility index (Phi) is 15.3. The molecule has 1 aliphatic carbocycles. The van der Waals surface area contributed by atoms with Crippen molar-refractivity contribution in [3.05, 3.63) is 126 Å². The Morgan fingerprint density at radius 3 is 2.07 bits per heavy atom. The summed E-state index contributed by atoms with van der Waals surface area (Å²) in [5.41, 5.74) is 5.58. The lowest BCUT2D eigenvalue weighted by Crippen LogP contribution is -2.57. The first-order chi connectivity index (χ1) is 29.4. The third-order valence-electron chi connectivity index (χ3n) is 11.6. The molecule has 61 heavy (non-hydrogen) atoms. The number of amides is 4. The topological polar surface area (TPSA) is 195 Å². The maximum absolute atomic E-state index is 14.5. The lowest BCUT2D eigenvalue weighted by molar-refractivity contribution is -0.131. The molecule has 0 fully saturated rings. The maximum atomic E-state index is 14.5. The van der Waals surface area contributed by atoms with Crippen LogP contribution in [-0.2, 0) is 32.0 Å². The van der Waals surface area contributed by atoms with E-state index >= 15 is 0 Å². The van der Waals surface area contributed by atoms with Gasteiger partial charge in [0, 0.05) is 25.0 Å². The number of aromatic nitrogens is 2. The number of aliphatic hydroxyl groups is 2. The highest BCUT2D eigenvalue weighted by atomic mass is 16.5. The second kappa shape index (κ2) is 21.0. The van der Waals surface area contributed by atoms with E-state index < -0.39 is 54.1 Å². The summed E-state index contributed by atoms with van der Waals surface area (Å²) in [5, 5.41) is 34.5. The van der Waals surface area contributed by atoms with Gasteiger partial charge in [0.1, 0.15) is 18.7 Å². The van der Waals surface area contributed by atoms with Crippen LogP contribution in [0, 0.1) is 11.8 Å². The number of aliphatic hydroxyl groups excluding tert-OH is 2. The summed E-state index contributed by atoms with van der Waals surface area (Å²) < 4.78 is 5.88. The monoisotopic (exact) mass is 830 g/mol. The number of hydrogen-bond donors (Lipinski definition) is 7. The Bertz CT molecular complexity index is 2210. The minimum Gasteiger partial charge on any atom is -0.449 e. The van der Waals surface area contributed by atoms with Crippen LogP contribution in [0.3, 0.4) is 0 Å². The predicted molar refractivity (Wildman–Crippen MR) is 234 cm³/mol. The number of aromatic amines is 1. The molecule has 322 valence electrons. The number of carbonyl (C=O) groups excluding carboxylic acids is 4. The Morgan fingerprint density at radius 2 is 1.41 bits per heavy atom. The standard InChI is InChI=1S/C48H58N6O7/c1-5-30(4)43(26-55)51-45(57)24-44(56)40(21-29(2)3)52-47(59)42(23-33-25-49-28-50-33)53-46(58)41(22-32-15-12-14-31-13-6-7-16-34(31)32)54-48(60)61-27-39-37-19-10-8-17-35(37)36-18-9-11-20-38(36)39/h6-20,25,28-30,39-44,55-56H,5,21-24,26-27H2,1-4H3,(H,49,50)(H,51,57)(H,52,59)(H,53,58)(H,54,60)/t30?,40?,41-,42-,43+,44?/m0/s1. The largest absolute Gasteiger partial charge is 0.449 e. The Morgan fingerprint density at radius 1 is 0.770 bits per heavy atom. The van der Waals surface area contributed by atoms with Gasteiger partial charge in [0.15, 0.2) is 0 Å². The van der Waals surface area contributed by atoms with Crippen LogP contribution in [-0.4, -0.2) is 87.5 Å². The molecular weight excluding hydrogens is 773 g/mol. The van der Waals surface area contributed by atoms with Crippen LogP contribution in [0.25, 0.3) is 21.9 Å². The minimum absolute atomic E-state index is 0.00886. The molecular formula is C48H58N6O7. The van der Waals surface area contributed by atoms with E-state index in [4.69, 9.17) is 4.74 Å². The summed E-state index contributed by atoms with van der Waals surface area (Å²) in [4.78, 5) is 62.7. The van der Waals surface area contributed by atoms with Gasteiger partial charge in [-0.1, -0.05) is 125 Å². The third kappa shape index (κ3) is 11.4. The lowest BCUT2D eigenvalue weighted by Gasteiger charge is -2.29. The number of rotatable bonds is 20. The number of H-pyrrole nitrogens is 1. The van der Waals surface area contributed by atoms with Gasteiger partial charge in [-0.2, -0.15) is 0 Å². The molecule has 3 unspecified atom stereocenters. The highest BCUT2D eigenvalue weighted by Gasteiger charge is 2.34. The van der Waals surface area contributed by atoms with Crippen LogP contribution in [0.1, 0.15) is 75.3 Å². The van der Waals surface area contributed by atoms with Crippen molar-refractivity contribution >= 4 is 34.6 Å². The molecule has 13 nitrogen and oxygen atoms in total. The average Bonchev–Trinajstić information content (AvgIpc) is 3.89. The minimum atomic E-state index is -1.27. The van der Waals surface area contributed by atoms with Crippen molar-refractivity contribution in [1.82, 2.24) is 31.2 Å². The zero-order chi connectivity index (χ0) is 43.5. The molecule has 0 spiro atoms. The molecule has 6 atom stereocenters. The molecule has 6 rings (SSSR count). The van der Waals surface area contributed by atoms with Gasteiger partial charge in [0.25, 0.3) is 0 Å². The molecule has 1 aromatic heterocycles. The zero-order valence-electron chi connectivity index (χ0n) is 35.3. The number of benzene rings is 4. The van der Waals surface area contributed by atoms with Crippen LogP contribution in [0.4, 0.5) is 4.79 Å². The van der Waals surface area contributed by atoms with Crippen LogP contribution in [0.15, 0.2) is 104 Å². The highest BCUT2D eigenvalue weighted by molar-refractivity contribution is 5.93. The van der Waals surface area contributed by atoms with Gasteiger partial charge in [-0.25, -0.2) is 9.78 Å². The molecule has 0 radical (unpaired) electrons. The van der Waals surface area contributed by atoms with Crippen molar-refractivity contribution in [2.45, 2.75) is 96.0 Å². The average molecular weight is 831 g/mol.